The van der Waals surface area contributed by atoms with E-state index in [0.29, 0.717) is 11.4 Å². The van der Waals surface area contributed by atoms with E-state index in [1.54, 1.807) is 17.8 Å². The molecule has 0 aliphatic carbocycles. The molecule has 26 heavy (non-hydrogen) atoms. The Morgan fingerprint density at radius 1 is 1.15 bits per heavy atom. The van der Waals surface area contributed by atoms with Crippen LogP contribution in [0, 0.1) is 6.92 Å². The molecule has 2 nitrogen and oxygen atoms in total. The van der Waals surface area contributed by atoms with E-state index in [1.807, 2.05) is 61.5 Å². The summed E-state index contributed by atoms with van der Waals surface area (Å²) in [6, 6.07) is 17.8. The molecule has 0 saturated carbocycles. The Kier molecular flexibility index (Phi) is 7.66. The van der Waals surface area contributed by atoms with Crippen molar-refractivity contribution in [3.63, 3.8) is 0 Å². The van der Waals surface area contributed by atoms with Crippen LogP contribution in [0.5, 0.6) is 0 Å². The minimum absolute atomic E-state index is 0.501. The van der Waals surface area contributed by atoms with Crippen LogP contribution in [-0.4, -0.2) is 15.5 Å². The molecule has 0 unspecified atom stereocenters. The zero-order valence-corrected chi connectivity index (χ0v) is 17.2. The number of nitrogens with one attached hydrogen (secondary N) is 1. The molecule has 0 radical (unpaired) electrons. The SMILES string of the molecule is C=C(/C=C(/CSc1ccccc1)NC(=O)C(Cl)(Cl)Cl)c1cccc(C)c1. The summed E-state index contributed by atoms with van der Waals surface area (Å²) in [5.74, 6) is -0.194. The molecule has 0 saturated heterocycles. The van der Waals surface area contributed by atoms with Crippen LogP contribution in [0.1, 0.15) is 11.1 Å². The van der Waals surface area contributed by atoms with Crippen LogP contribution in [0.3, 0.4) is 0 Å². The molecule has 2 aromatic carbocycles. The van der Waals surface area contributed by atoms with E-state index in [1.165, 1.54) is 0 Å². The maximum Gasteiger partial charge on any atom is 0.276 e. The second-order valence-corrected chi connectivity index (χ2v) is 8.95. The molecule has 0 aliphatic rings. The highest BCUT2D eigenvalue weighted by molar-refractivity contribution is 7.99. The summed E-state index contributed by atoms with van der Waals surface area (Å²) in [4.78, 5) is 13.1. The first-order chi connectivity index (χ1) is 12.3. The number of thioether (sulfide) groups is 1. The maximum absolute atomic E-state index is 12.1. The van der Waals surface area contributed by atoms with Gasteiger partial charge in [-0.15, -0.1) is 11.8 Å². The summed E-state index contributed by atoms with van der Waals surface area (Å²) in [6.07, 6.45) is 1.80. The van der Waals surface area contributed by atoms with Crippen LogP contribution in [0.4, 0.5) is 0 Å². The van der Waals surface area contributed by atoms with E-state index in [4.69, 9.17) is 34.8 Å². The minimum Gasteiger partial charge on any atom is -0.325 e. The molecule has 0 bridgehead atoms. The number of benzene rings is 2. The van der Waals surface area contributed by atoms with E-state index in [9.17, 15) is 4.79 Å². The summed E-state index contributed by atoms with van der Waals surface area (Å²) in [6.45, 7) is 6.11. The van der Waals surface area contributed by atoms with E-state index in [0.717, 1.165) is 21.6 Å². The molecule has 136 valence electrons. The average Bonchev–Trinajstić information content (AvgIpc) is 2.59. The van der Waals surface area contributed by atoms with E-state index in [2.05, 4.69) is 11.9 Å². The lowest BCUT2D eigenvalue weighted by Crippen LogP contribution is -2.34. The van der Waals surface area contributed by atoms with Crippen molar-refractivity contribution in [3.05, 3.63) is 84.1 Å². The van der Waals surface area contributed by atoms with Gasteiger partial charge in [0, 0.05) is 16.3 Å². The fourth-order valence-electron chi connectivity index (χ4n) is 2.15. The van der Waals surface area contributed by atoms with Gasteiger partial charge in [-0.1, -0.05) is 89.4 Å². The van der Waals surface area contributed by atoms with Crippen LogP contribution in [0.15, 0.2) is 77.8 Å². The third-order valence-corrected chi connectivity index (χ3v) is 4.98. The topological polar surface area (TPSA) is 29.1 Å². The third kappa shape index (κ3) is 6.73. The number of hydrogen-bond donors (Lipinski definition) is 1. The summed E-state index contributed by atoms with van der Waals surface area (Å²) < 4.78 is -2.03. The lowest BCUT2D eigenvalue weighted by Gasteiger charge is -2.15. The number of alkyl halides is 3. The molecule has 0 aliphatic heterocycles. The second-order valence-electron chi connectivity index (χ2n) is 5.62. The van der Waals surface area contributed by atoms with Crippen molar-refractivity contribution >= 4 is 58.0 Å². The van der Waals surface area contributed by atoms with Crippen molar-refractivity contribution < 1.29 is 4.79 Å². The van der Waals surface area contributed by atoms with Crippen LogP contribution in [0.25, 0.3) is 5.57 Å². The van der Waals surface area contributed by atoms with Gasteiger partial charge in [-0.05, 0) is 36.3 Å². The van der Waals surface area contributed by atoms with Gasteiger partial charge in [-0.3, -0.25) is 4.79 Å². The Bertz CT molecular complexity index is 813. The molecule has 1 N–H and O–H groups in total. The zero-order chi connectivity index (χ0) is 19.2. The van der Waals surface area contributed by atoms with Crippen LogP contribution in [0.2, 0.25) is 0 Å². The number of halogens is 3. The quantitative estimate of drug-likeness (QED) is 0.340. The van der Waals surface area contributed by atoms with Crippen LogP contribution < -0.4 is 5.32 Å². The first-order valence-corrected chi connectivity index (χ1v) is 9.90. The molecule has 0 atom stereocenters. The summed E-state index contributed by atoms with van der Waals surface area (Å²) >= 11 is 18.6. The van der Waals surface area contributed by atoms with Gasteiger partial charge in [0.05, 0.1) is 0 Å². The first kappa shape index (κ1) is 20.9. The molecule has 0 aromatic heterocycles. The van der Waals surface area contributed by atoms with Crippen molar-refractivity contribution in [1.29, 1.82) is 0 Å². The molecular formula is C20H18Cl3NOS. The molecule has 6 heteroatoms. The molecule has 1 amide bonds. The van der Waals surface area contributed by atoms with Gasteiger partial charge in [0.25, 0.3) is 9.70 Å². The maximum atomic E-state index is 12.1. The Balaban J connectivity index is 2.20. The van der Waals surface area contributed by atoms with Gasteiger partial charge in [-0.25, -0.2) is 0 Å². The number of rotatable bonds is 6. The lowest BCUT2D eigenvalue weighted by molar-refractivity contribution is -0.119. The van der Waals surface area contributed by atoms with Gasteiger partial charge >= 0.3 is 0 Å². The minimum atomic E-state index is -2.03. The van der Waals surface area contributed by atoms with Crippen molar-refractivity contribution in [2.24, 2.45) is 0 Å². The van der Waals surface area contributed by atoms with Crippen LogP contribution >= 0.6 is 46.6 Å². The Morgan fingerprint density at radius 3 is 2.46 bits per heavy atom. The second kappa shape index (κ2) is 9.52. The number of aryl methyl sites for hydroxylation is 1. The molecule has 2 aromatic rings. The van der Waals surface area contributed by atoms with Gasteiger partial charge in [0.2, 0.25) is 0 Å². The smallest absolute Gasteiger partial charge is 0.276 e. The predicted molar refractivity (Wildman–Crippen MR) is 114 cm³/mol. The largest absolute Gasteiger partial charge is 0.325 e. The Morgan fingerprint density at radius 2 is 1.85 bits per heavy atom. The van der Waals surface area contributed by atoms with E-state index >= 15 is 0 Å². The molecular weight excluding hydrogens is 409 g/mol. The standard InChI is InChI=1S/C20H18Cl3NOS/c1-14-7-6-8-16(11-14)15(2)12-17(24-19(25)20(21,22)23)13-26-18-9-4-3-5-10-18/h3-12H,2,13H2,1H3,(H,24,25)/b17-12-. The fraction of sp³-hybridized carbons (Fsp3) is 0.150. The number of amides is 1. The van der Waals surface area contributed by atoms with Crippen LogP contribution in [-0.2, 0) is 4.79 Å². The first-order valence-electron chi connectivity index (χ1n) is 7.78. The highest BCUT2D eigenvalue weighted by Crippen LogP contribution is 2.28. The molecule has 0 fully saturated rings. The fourth-order valence-corrected chi connectivity index (χ4v) is 3.12. The highest BCUT2D eigenvalue weighted by Gasteiger charge is 2.31. The van der Waals surface area contributed by atoms with Crippen molar-refractivity contribution in [1.82, 2.24) is 5.32 Å². The Labute approximate surface area is 173 Å². The molecule has 0 heterocycles. The van der Waals surface area contributed by atoms with E-state index < -0.39 is 9.70 Å². The number of hydrogen-bond acceptors (Lipinski definition) is 2. The zero-order valence-electron chi connectivity index (χ0n) is 14.1. The number of allylic oxidation sites excluding steroid dienone is 2. The molecule has 2 rings (SSSR count). The van der Waals surface area contributed by atoms with Gasteiger partial charge in [0.1, 0.15) is 0 Å². The normalized spacial score (nSPS) is 11.9. The van der Waals surface area contributed by atoms with Crippen molar-refractivity contribution in [3.8, 4) is 0 Å². The van der Waals surface area contributed by atoms with Gasteiger partial charge < -0.3 is 5.32 Å². The third-order valence-electron chi connectivity index (χ3n) is 3.41. The lowest BCUT2D eigenvalue weighted by atomic mass is 10.0. The van der Waals surface area contributed by atoms with Gasteiger partial charge in [-0.2, -0.15) is 0 Å². The predicted octanol–water partition coefficient (Wildman–Crippen LogP) is 6.17. The summed E-state index contributed by atoms with van der Waals surface area (Å²) in [5, 5.41) is 2.69. The van der Waals surface area contributed by atoms with E-state index in [-0.39, 0.29) is 0 Å². The molecule has 0 spiro atoms. The average molecular weight is 427 g/mol. The van der Waals surface area contributed by atoms with Crippen molar-refractivity contribution in [2.75, 3.05) is 5.75 Å². The number of carbonyl (C=O) groups is 1. The highest BCUT2D eigenvalue weighted by atomic mass is 35.6. The summed E-state index contributed by atoms with van der Waals surface area (Å²) in [7, 11) is 0. The Hall–Kier alpha value is -1.39. The monoisotopic (exact) mass is 425 g/mol. The summed E-state index contributed by atoms with van der Waals surface area (Å²) in [5.41, 5.74) is 3.47. The number of carbonyl (C=O) groups excluding carboxylic acids is 1. The van der Waals surface area contributed by atoms with Gasteiger partial charge in [0.15, 0.2) is 0 Å². The van der Waals surface area contributed by atoms with Crippen molar-refractivity contribution in [2.45, 2.75) is 15.6 Å².